The number of carbonyl (C=O) groups is 1. The summed E-state index contributed by atoms with van der Waals surface area (Å²) in [5, 5.41) is 0. The summed E-state index contributed by atoms with van der Waals surface area (Å²) in [6.07, 6.45) is 1.42. The number of hydrogen-bond donors (Lipinski definition) is 2. The zero-order valence-electron chi connectivity index (χ0n) is 12.3. The van der Waals surface area contributed by atoms with Crippen LogP contribution >= 0.6 is 0 Å². The Balaban J connectivity index is 2.08. The van der Waals surface area contributed by atoms with Crippen molar-refractivity contribution in [3.05, 3.63) is 30.1 Å². The monoisotopic (exact) mass is 329 g/mol. The van der Waals surface area contributed by atoms with Crippen molar-refractivity contribution in [2.45, 2.75) is 36.7 Å². The molecule has 1 aliphatic heterocycles. The second kappa shape index (κ2) is 6.72. The van der Waals surface area contributed by atoms with Crippen molar-refractivity contribution >= 4 is 15.9 Å². The number of amides is 1. The van der Waals surface area contributed by atoms with Gasteiger partial charge in [-0.15, -0.1) is 0 Å². The molecule has 1 aromatic carbocycles. The minimum Gasteiger partial charge on any atom is -0.368 e. The summed E-state index contributed by atoms with van der Waals surface area (Å²) >= 11 is 0. The van der Waals surface area contributed by atoms with Crippen molar-refractivity contribution in [3.8, 4) is 0 Å². The van der Waals surface area contributed by atoms with Gasteiger partial charge < -0.3 is 5.73 Å². The molecule has 1 aromatic rings. The predicted octanol–water partition coefficient (Wildman–Crippen LogP) is 0.442. The maximum atomic E-state index is 13.2. The number of nitrogens with two attached hydrogens (primary N) is 1. The summed E-state index contributed by atoms with van der Waals surface area (Å²) in [5.74, 6) is -1.04. The van der Waals surface area contributed by atoms with Gasteiger partial charge in [-0.2, -0.15) is 0 Å². The Morgan fingerprint density at radius 2 is 2.23 bits per heavy atom. The first-order chi connectivity index (χ1) is 10.3. The Labute approximate surface area is 129 Å². The van der Waals surface area contributed by atoms with Gasteiger partial charge in [0, 0.05) is 12.6 Å². The fourth-order valence-corrected chi connectivity index (χ4v) is 3.85. The average molecular weight is 329 g/mol. The molecule has 1 aliphatic rings. The van der Waals surface area contributed by atoms with E-state index in [1.165, 1.54) is 18.2 Å². The van der Waals surface area contributed by atoms with Crippen molar-refractivity contribution in [2.24, 2.45) is 5.73 Å². The molecule has 1 amide bonds. The third-order valence-electron chi connectivity index (χ3n) is 3.84. The molecule has 1 heterocycles. The van der Waals surface area contributed by atoms with E-state index in [9.17, 15) is 17.6 Å². The third kappa shape index (κ3) is 4.02. The van der Waals surface area contributed by atoms with E-state index in [2.05, 4.69) is 4.72 Å². The summed E-state index contributed by atoms with van der Waals surface area (Å²) < 4.78 is 40.3. The lowest BCUT2D eigenvalue weighted by molar-refractivity contribution is -0.123. The highest BCUT2D eigenvalue weighted by atomic mass is 32.2. The first kappa shape index (κ1) is 16.9. The molecule has 6 nitrogen and oxygen atoms in total. The SMILES string of the molecule is C[C@H](C(N)=O)N1CCC[C@@H](NS(=O)(=O)c2cccc(F)c2)C1. The van der Waals surface area contributed by atoms with Crippen LogP contribution in [0.25, 0.3) is 0 Å². The summed E-state index contributed by atoms with van der Waals surface area (Å²) in [5.41, 5.74) is 5.29. The number of benzene rings is 1. The molecule has 22 heavy (non-hydrogen) atoms. The number of hydrogen-bond acceptors (Lipinski definition) is 4. The lowest BCUT2D eigenvalue weighted by atomic mass is 10.0. The van der Waals surface area contributed by atoms with E-state index in [1.807, 2.05) is 4.90 Å². The molecule has 1 saturated heterocycles. The summed E-state index contributed by atoms with van der Waals surface area (Å²) in [4.78, 5) is 13.0. The predicted molar refractivity (Wildman–Crippen MR) is 80.0 cm³/mol. The molecule has 3 N–H and O–H groups in total. The number of halogens is 1. The second-order valence-corrected chi connectivity index (χ2v) is 7.21. The fourth-order valence-electron chi connectivity index (χ4n) is 2.56. The van der Waals surface area contributed by atoms with E-state index >= 15 is 0 Å². The molecule has 8 heteroatoms. The van der Waals surface area contributed by atoms with Gasteiger partial charge in [-0.05, 0) is 44.5 Å². The van der Waals surface area contributed by atoms with Crippen LogP contribution in [-0.4, -0.2) is 44.4 Å². The number of likely N-dealkylation sites (tertiary alicyclic amines) is 1. The second-order valence-electron chi connectivity index (χ2n) is 5.49. The van der Waals surface area contributed by atoms with E-state index in [1.54, 1.807) is 6.92 Å². The first-order valence-electron chi connectivity index (χ1n) is 7.11. The number of nitrogens with zero attached hydrogens (tertiary/aromatic N) is 1. The van der Waals surface area contributed by atoms with Crippen LogP contribution < -0.4 is 10.5 Å². The van der Waals surface area contributed by atoms with Crippen molar-refractivity contribution < 1.29 is 17.6 Å². The smallest absolute Gasteiger partial charge is 0.240 e. The van der Waals surface area contributed by atoms with Gasteiger partial charge in [0.25, 0.3) is 0 Å². The Hall–Kier alpha value is -1.51. The molecule has 0 bridgehead atoms. The highest BCUT2D eigenvalue weighted by Gasteiger charge is 2.29. The standard InChI is InChI=1S/C14H20FN3O3S/c1-10(14(16)19)18-7-3-5-12(9-18)17-22(20,21)13-6-2-4-11(15)8-13/h2,4,6,8,10,12,17H,3,5,7,9H2,1H3,(H2,16,19)/t10-,12-/m1/s1. The van der Waals surface area contributed by atoms with Crippen LogP contribution in [0.2, 0.25) is 0 Å². The summed E-state index contributed by atoms with van der Waals surface area (Å²) in [6.45, 7) is 2.80. The highest BCUT2D eigenvalue weighted by molar-refractivity contribution is 7.89. The number of piperidine rings is 1. The maximum Gasteiger partial charge on any atom is 0.240 e. The van der Waals surface area contributed by atoms with Crippen molar-refractivity contribution in [3.63, 3.8) is 0 Å². The third-order valence-corrected chi connectivity index (χ3v) is 5.36. The van der Waals surface area contributed by atoms with Crippen LogP contribution in [0.1, 0.15) is 19.8 Å². The topological polar surface area (TPSA) is 92.5 Å². The van der Waals surface area contributed by atoms with E-state index in [0.717, 1.165) is 12.5 Å². The number of sulfonamides is 1. The van der Waals surface area contributed by atoms with Crippen LogP contribution in [-0.2, 0) is 14.8 Å². The number of carbonyl (C=O) groups excluding carboxylic acids is 1. The van der Waals surface area contributed by atoms with Gasteiger partial charge in [0.15, 0.2) is 0 Å². The highest BCUT2D eigenvalue weighted by Crippen LogP contribution is 2.17. The molecular weight excluding hydrogens is 309 g/mol. The molecule has 0 saturated carbocycles. The molecule has 0 unspecified atom stereocenters. The molecule has 0 aliphatic carbocycles. The maximum absolute atomic E-state index is 13.2. The van der Waals surface area contributed by atoms with Gasteiger partial charge in [-0.25, -0.2) is 17.5 Å². The fraction of sp³-hybridized carbons (Fsp3) is 0.500. The quantitative estimate of drug-likeness (QED) is 0.820. The van der Waals surface area contributed by atoms with Crippen LogP contribution in [0, 0.1) is 5.82 Å². The Bertz CT molecular complexity index is 650. The Kier molecular flexibility index (Phi) is 5.15. The van der Waals surface area contributed by atoms with Gasteiger partial charge in [0.2, 0.25) is 15.9 Å². The normalized spacial score (nSPS) is 21.5. The van der Waals surface area contributed by atoms with E-state index in [-0.39, 0.29) is 10.9 Å². The van der Waals surface area contributed by atoms with Crippen LogP contribution in [0.15, 0.2) is 29.2 Å². The molecule has 0 radical (unpaired) electrons. The largest absolute Gasteiger partial charge is 0.368 e. The Morgan fingerprint density at radius 3 is 2.86 bits per heavy atom. The number of nitrogens with one attached hydrogen (secondary N) is 1. The molecular formula is C14H20FN3O3S. The number of primary amides is 1. The zero-order valence-corrected chi connectivity index (χ0v) is 13.1. The summed E-state index contributed by atoms with van der Waals surface area (Å²) in [7, 11) is -3.78. The van der Waals surface area contributed by atoms with Crippen molar-refractivity contribution in [1.29, 1.82) is 0 Å². The van der Waals surface area contributed by atoms with Crippen LogP contribution in [0.3, 0.4) is 0 Å². The van der Waals surface area contributed by atoms with Crippen molar-refractivity contribution in [2.75, 3.05) is 13.1 Å². The van der Waals surface area contributed by atoms with Crippen molar-refractivity contribution in [1.82, 2.24) is 9.62 Å². The van der Waals surface area contributed by atoms with Crippen LogP contribution in [0.5, 0.6) is 0 Å². The summed E-state index contributed by atoms with van der Waals surface area (Å²) in [6, 6.07) is 4.10. The van der Waals surface area contributed by atoms with Crippen LogP contribution in [0.4, 0.5) is 4.39 Å². The Morgan fingerprint density at radius 1 is 1.50 bits per heavy atom. The lowest BCUT2D eigenvalue weighted by Crippen LogP contribution is -2.53. The molecule has 2 rings (SSSR count). The zero-order chi connectivity index (χ0) is 16.3. The minimum atomic E-state index is -3.78. The van der Waals surface area contributed by atoms with E-state index in [0.29, 0.717) is 19.5 Å². The molecule has 122 valence electrons. The number of rotatable bonds is 5. The first-order valence-corrected chi connectivity index (χ1v) is 8.59. The molecule has 0 aromatic heterocycles. The van der Waals surface area contributed by atoms with Gasteiger partial charge in [0.1, 0.15) is 5.82 Å². The van der Waals surface area contributed by atoms with Gasteiger partial charge in [0.05, 0.1) is 10.9 Å². The minimum absolute atomic E-state index is 0.104. The molecule has 2 atom stereocenters. The average Bonchev–Trinajstić information content (AvgIpc) is 2.46. The molecule has 0 spiro atoms. The lowest BCUT2D eigenvalue weighted by Gasteiger charge is -2.35. The molecule has 1 fully saturated rings. The van der Waals surface area contributed by atoms with Gasteiger partial charge >= 0.3 is 0 Å². The van der Waals surface area contributed by atoms with E-state index < -0.39 is 27.8 Å². The van der Waals surface area contributed by atoms with Gasteiger partial charge in [-0.1, -0.05) is 6.07 Å². The van der Waals surface area contributed by atoms with E-state index in [4.69, 9.17) is 5.73 Å². The van der Waals surface area contributed by atoms with Gasteiger partial charge in [-0.3, -0.25) is 9.69 Å².